The molecule has 2 N–H and O–H groups in total. The molecule has 3 atom stereocenters. The van der Waals surface area contributed by atoms with Crippen LogP contribution in [0.25, 0.3) is 0 Å². The number of nitrogens with one attached hydrogen (secondary N) is 2. The molecule has 25 heavy (non-hydrogen) atoms. The fourth-order valence-electron chi connectivity index (χ4n) is 4.02. The van der Waals surface area contributed by atoms with Gasteiger partial charge < -0.3 is 15.5 Å². The Kier molecular flexibility index (Phi) is 4.07. The van der Waals surface area contributed by atoms with Gasteiger partial charge in [-0.2, -0.15) is 0 Å². The molecule has 5 heteroatoms. The smallest absolute Gasteiger partial charge is 0.315 e. The molecule has 1 saturated carbocycles. The topological polar surface area (TPSA) is 57.3 Å². The van der Waals surface area contributed by atoms with Crippen molar-refractivity contribution in [3.05, 3.63) is 59.3 Å². The number of carbonyl (C=O) groups is 1. The van der Waals surface area contributed by atoms with Gasteiger partial charge in [-0.25, -0.2) is 9.78 Å². The van der Waals surface area contributed by atoms with Gasteiger partial charge in [0.05, 0.1) is 12.2 Å². The minimum absolute atomic E-state index is 0.115. The van der Waals surface area contributed by atoms with E-state index >= 15 is 0 Å². The van der Waals surface area contributed by atoms with Crippen molar-refractivity contribution in [2.45, 2.75) is 18.9 Å². The second-order valence-corrected chi connectivity index (χ2v) is 7.20. The lowest BCUT2D eigenvalue weighted by molar-refractivity contribution is 0.239. The number of anilines is 1. The Bertz CT molecular complexity index is 789. The van der Waals surface area contributed by atoms with Crippen molar-refractivity contribution in [2.24, 2.45) is 11.8 Å². The van der Waals surface area contributed by atoms with Crippen LogP contribution < -0.4 is 15.5 Å². The average Bonchev–Trinajstić information content (AvgIpc) is 3.16. The Hall–Kier alpha value is -2.56. The molecule has 5 nitrogen and oxygen atoms in total. The van der Waals surface area contributed by atoms with Crippen LogP contribution in [-0.2, 0) is 13.0 Å². The highest BCUT2D eigenvalue weighted by Crippen LogP contribution is 2.60. The van der Waals surface area contributed by atoms with Gasteiger partial charge in [0, 0.05) is 20.6 Å². The summed E-state index contributed by atoms with van der Waals surface area (Å²) < 4.78 is 0. The Morgan fingerprint density at radius 1 is 1.16 bits per heavy atom. The zero-order valence-electron chi connectivity index (χ0n) is 14.7. The van der Waals surface area contributed by atoms with Crippen LogP contribution in [0.1, 0.15) is 22.7 Å². The van der Waals surface area contributed by atoms with Crippen LogP contribution in [0.4, 0.5) is 10.6 Å². The van der Waals surface area contributed by atoms with E-state index in [4.69, 9.17) is 0 Å². The number of rotatable bonds is 5. The zero-order valence-corrected chi connectivity index (χ0v) is 14.7. The summed E-state index contributed by atoms with van der Waals surface area (Å²) in [4.78, 5) is 18.5. The van der Waals surface area contributed by atoms with E-state index in [1.807, 2.05) is 37.2 Å². The predicted molar refractivity (Wildman–Crippen MR) is 98.7 cm³/mol. The van der Waals surface area contributed by atoms with Crippen molar-refractivity contribution < 1.29 is 4.79 Å². The van der Waals surface area contributed by atoms with E-state index in [9.17, 15) is 4.79 Å². The van der Waals surface area contributed by atoms with Crippen LogP contribution in [0, 0.1) is 11.8 Å². The maximum absolute atomic E-state index is 12.1. The highest BCUT2D eigenvalue weighted by Gasteiger charge is 2.54. The summed E-state index contributed by atoms with van der Waals surface area (Å²) in [7, 11) is 3.91. The van der Waals surface area contributed by atoms with Crippen molar-refractivity contribution in [1.82, 2.24) is 15.6 Å². The van der Waals surface area contributed by atoms with E-state index in [2.05, 4.69) is 39.9 Å². The molecule has 2 aliphatic carbocycles. The second kappa shape index (κ2) is 6.39. The number of benzene rings is 1. The fourth-order valence-corrected chi connectivity index (χ4v) is 4.02. The first-order valence-electron chi connectivity index (χ1n) is 8.86. The number of pyridine rings is 1. The second-order valence-electron chi connectivity index (χ2n) is 7.20. The van der Waals surface area contributed by atoms with Crippen molar-refractivity contribution in [2.75, 3.05) is 25.5 Å². The first-order valence-corrected chi connectivity index (χ1v) is 8.86. The summed E-state index contributed by atoms with van der Waals surface area (Å²) in [6, 6.07) is 14.4. The Labute approximate surface area is 148 Å². The quantitative estimate of drug-likeness (QED) is 0.882. The third-order valence-corrected chi connectivity index (χ3v) is 5.38. The Morgan fingerprint density at radius 2 is 2.00 bits per heavy atom. The SMILES string of the molecule is CN(C)c1cccc(CNC(=O)NC[C@@H]2[C@H]3Cc4ccccc4[C@@H]23)n1. The van der Waals surface area contributed by atoms with Gasteiger partial charge in [0.1, 0.15) is 5.82 Å². The average molecular weight is 336 g/mol. The van der Waals surface area contributed by atoms with Crippen LogP contribution in [0.3, 0.4) is 0 Å². The van der Waals surface area contributed by atoms with Crippen LogP contribution in [0.2, 0.25) is 0 Å². The normalized spacial score (nSPS) is 22.7. The summed E-state index contributed by atoms with van der Waals surface area (Å²) in [5, 5.41) is 5.93. The van der Waals surface area contributed by atoms with Crippen LogP contribution >= 0.6 is 0 Å². The molecule has 130 valence electrons. The number of amides is 2. The van der Waals surface area contributed by atoms with Crippen molar-refractivity contribution >= 4 is 11.8 Å². The zero-order chi connectivity index (χ0) is 17.4. The van der Waals surface area contributed by atoms with Gasteiger partial charge >= 0.3 is 6.03 Å². The maximum atomic E-state index is 12.1. The highest BCUT2D eigenvalue weighted by atomic mass is 16.2. The lowest BCUT2D eigenvalue weighted by Crippen LogP contribution is -2.36. The molecule has 1 fully saturated rings. The molecule has 0 aliphatic heterocycles. The standard InChI is InChI=1S/C20H24N4O/c1-24(2)18-9-5-7-14(23-18)11-21-20(25)22-12-17-16-10-13-6-3-4-8-15(13)19(16)17/h3-9,16-17,19H,10-12H2,1-2H3,(H2,21,22,25)/t16-,17-,19-/m1/s1. The minimum Gasteiger partial charge on any atom is -0.363 e. The molecule has 0 unspecified atom stereocenters. The number of aromatic nitrogens is 1. The summed E-state index contributed by atoms with van der Waals surface area (Å²) in [5.74, 6) is 2.85. The molecule has 1 aromatic carbocycles. The van der Waals surface area contributed by atoms with Crippen molar-refractivity contribution in [3.8, 4) is 0 Å². The van der Waals surface area contributed by atoms with Crippen LogP contribution in [-0.4, -0.2) is 31.7 Å². The largest absolute Gasteiger partial charge is 0.363 e. The van der Waals surface area contributed by atoms with Gasteiger partial charge in [-0.1, -0.05) is 30.3 Å². The van der Waals surface area contributed by atoms with E-state index < -0.39 is 0 Å². The third kappa shape index (κ3) is 3.18. The summed E-state index contributed by atoms with van der Waals surface area (Å²) in [6.07, 6.45) is 1.16. The van der Waals surface area contributed by atoms with E-state index in [1.165, 1.54) is 11.1 Å². The summed E-state index contributed by atoms with van der Waals surface area (Å²) in [6.45, 7) is 1.19. The van der Waals surface area contributed by atoms with Crippen molar-refractivity contribution in [1.29, 1.82) is 0 Å². The van der Waals surface area contributed by atoms with E-state index in [0.717, 1.165) is 30.4 Å². The number of hydrogen-bond acceptors (Lipinski definition) is 3. The van der Waals surface area contributed by atoms with E-state index in [1.54, 1.807) is 0 Å². The molecule has 2 aromatic rings. The molecule has 0 spiro atoms. The van der Waals surface area contributed by atoms with E-state index in [0.29, 0.717) is 18.4 Å². The van der Waals surface area contributed by atoms with Gasteiger partial charge in [-0.15, -0.1) is 0 Å². The molecule has 1 aromatic heterocycles. The molecule has 0 bridgehead atoms. The molecule has 0 saturated heterocycles. The van der Waals surface area contributed by atoms with Gasteiger partial charge in [0.2, 0.25) is 0 Å². The molecule has 1 heterocycles. The van der Waals surface area contributed by atoms with E-state index in [-0.39, 0.29) is 6.03 Å². The fraction of sp³-hybridized carbons (Fsp3) is 0.400. The van der Waals surface area contributed by atoms with Crippen molar-refractivity contribution in [3.63, 3.8) is 0 Å². The molecular formula is C20H24N4O. The number of nitrogens with zero attached hydrogens (tertiary/aromatic N) is 2. The number of carbonyl (C=O) groups excluding carboxylic acids is 1. The van der Waals surface area contributed by atoms with Gasteiger partial charge in [0.25, 0.3) is 0 Å². The Morgan fingerprint density at radius 3 is 2.84 bits per heavy atom. The number of urea groups is 1. The molecule has 2 amide bonds. The lowest BCUT2D eigenvalue weighted by Gasteiger charge is -2.13. The first-order chi connectivity index (χ1) is 12.1. The third-order valence-electron chi connectivity index (χ3n) is 5.38. The molecule has 4 rings (SSSR count). The summed E-state index contributed by atoms with van der Waals surface area (Å²) in [5.41, 5.74) is 3.84. The van der Waals surface area contributed by atoms with Gasteiger partial charge in [0.15, 0.2) is 0 Å². The lowest BCUT2D eigenvalue weighted by atomic mass is 10.0. The monoisotopic (exact) mass is 336 g/mol. The number of fused-ring (bicyclic) bond motifs is 3. The number of hydrogen-bond donors (Lipinski definition) is 2. The molecular weight excluding hydrogens is 312 g/mol. The van der Waals surface area contributed by atoms with Gasteiger partial charge in [-0.3, -0.25) is 0 Å². The minimum atomic E-state index is -0.115. The first kappa shape index (κ1) is 15.9. The van der Waals surface area contributed by atoms with Gasteiger partial charge in [-0.05, 0) is 47.4 Å². The van der Waals surface area contributed by atoms with Crippen LogP contribution in [0.5, 0.6) is 0 Å². The molecule has 2 aliphatic rings. The molecule has 0 radical (unpaired) electrons. The maximum Gasteiger partial charge on any atom is 0.315 e. The van der Waals surface area contributed by atoms with Crippen LogP contribution in [0.15, 0.2) is 42.5 Å². The predicted octanol–water partition coefficient (Wildman–Crippen LogP) is 2.53. The summed E-state index contributed by atoms with van der Waals surface area (Å²) >= 11 is 0. The highest BCUT2D eigenvalue weighted by molar-refractivity contribution is 5.73. The Balaban J connectivity index is 1.24.